The predicted molar refractivity (Wildman–Crippen MR) is 125 cm³/mol. The van der Waals surface area contributed by atoms with Crippen molar-refractivity contribution in [3.05, 3.63) is 53.4 Å². The molecule has 0 unspecified atom stereocenters. The number of hydrogen-bond acceptors (Lipinski definition) is 4. The van der Waals surface area contributed by atoms with Gasteiger partial charge < -0.3 is 19.4 Å². The van der Waals surface area contributed by atoms with Crippen LogP contribution in [0.15, 0.2) is 36.5 Å². The number of halogens is 3. The summed E-state index contributed by atoms with van der Waals surface area (Å²) in [6, 6.07) is 5.46. The lowest BCUT2D eigenvalue weighted by Crippen LogP contribution is -2.44. The van der Waals surface area contributed by atoms with Crippen LogP contribution in [0.25, 0.3) is 6.08 Å². The van der Waals surface area contributed by atoms with Gasteiger partial charge in [0.15, 0.2) is 0 Å². The summed E-state index contributed by atoms with van der Waals surface area (Å²) < 4.78 is 40.7. The highest BCUT2D eigenvalue weighted by atomic mass is 19.4. The Bertz CT molecular complexity index is 1110. The summed E-state index contributed by atoms with van der Waals surface area (Å²) in [6.45, 7) is 3.93. The maximum Gasteiger partial charge on any atom is 0.573 e. The van der Waals surface area contributed by atoms with E-state index in [9.17, 15) is 22.8 Å². The fraction of sp³-hybridized carbons (Fsp3) is 0.480. The molecule has 11 heteroatoms. The second-order valence-electron chi connectivity index (χ2n) is 9.61. The van der Waals surface area contributed by atoms with Crippen LogP contribution in [-0.2, 0) is 17.8 Å². The quantitative estimate of drug-likeness (QED) is 0.649. The van der Waals surface area contributed by atoms with Gasteiger partial charge in [0.25, 0.3) is 0 Å². The first-order chi connectivity index (χ1) is 17.2. The number of carbonyl (C=O) groups is 2. The van der Waals surface area contributed by atoms with E-state index in [1.807, 2.05) is 14.7 Å². The summed E-state index contributed by atoms with van der Waals surface area (Å²) in [5.41, 5.74) is 2.80. The number of nitrogens with zero attached hydrogens (tertiary/aromatic N) is 4. The average molecular weight is 504 g/mol. The zero-order chi connectivity index (χ0) is 25.3. The predicted octanol–water partition coefficient (Wildman–Crippen LogP) is 3.67. The van der Waals surface area contributed by atoms with Gasteiger partial charge in [-0.05, 0) is 48.4 Å². The number of amides is 3. The molecule has 3 aliphatic heterocycles. The van der Waals surface area contributed by atoms with Gasteiger partial charge in [0.2, 0.25) is 5.91 Å². The van der Waals surface area contributed by atoms with Gasteiger partial charge in [-0.25, -0.2) is 4.79 Å². The number of aromatic nitrogens is 2. The van der Waals surface area contributed by atoms with Gasteiger partial charge in [0.05, 0.1) is 12.7 Å². The smallest absolute Gasteiger partial charge is 0.406 e. The van der Waals surface area contributed by atoms with Crippen molar-refractivity contribution in [2.45, 2.75) is 32.2 Å². The van der Waals surface area contributed by atoms with Crippen LogP contribution >= 0.6 is 0 Å². The molecule has 3 amide bonds. The van der Waals surface area contributed by atoms with Gasteiger partial charge in [-0.1, -0.05) is 12.1 Å². The van der Waals surface area contributed by atoms with Crippen LogP contribution in [0.4, 0.5) is 18.0 Å². The first-order valence-corrected chi connectivity index (χ1v) is 12.1. The zero-order valence-corrected chi connectivity index (χ0v) is 19.7. The van der Waals surface area contributed by atoms with Gasteiger partial charge in [-0.2, -0.15) is 5.10 Å². The molecule has 4 heterocycles. The molecule has 0 radical (unpaired) electrons. The second kappa shape index (κ2) is 9.87. The number of benzene rings is 1. The van der Waals surface area contributed by atoms with Crippen LogP contribution in [0.2, 0.25) is 0 Å². The van der Waals surface area contributed by atoms with Crippen molar-refractivity contribution in [3.8, 4) is 5.75 Å². The van der Waals surface area contributed by atoms with E-state index in [1.165, 1.54) is 30.3 Å². The van der Waals surface area contributed by atoms with E-state index in [0.29, 0.717) is 56.7 Å². The first kappa shape index (κ1) is 24.2. The van der Waals surface area contributed by atoms with E-state index in [1.54, 1.807) is 12.3 Å². The topological polar surface area (TPSA) is 81.8 Å². The van der Waals surface area contributed by atoms with Crippen molar-refractivity contribution >= 4 is 18.0 Å². The molecule has 2 saturated heterocycles. The van der Waals surface area contributed by atoms with Crippen LogP contribution in [-0.4, -0.2) is 75.9 Å². The van der Waals surface area contributed by atoms with E-state index in [0.717, 1.165) is 30.5 Å². The maximum absolute atomic E-state index is 13.1. The Hall–Kier alpha value is -3.50. The molecule has 0 aliphatic carbocycles. The highest BCUT2D eigenvalue weighted by Gasteiger charge is 2.39. The highest BCUT2D eigenvalue weighted by Crippen LogP contribution is 2.33. The summed E-state index contributed by atoms with van der Waals surface area (Å²) in [6.07, 6.45) is 2.57. The molecule has 1 aromatic heterocycles. The lowest BCUT2D eigenvalue weighted by Gasteiger charge is -2.31. The molecular weight excluding hydrogens is 475 g/mol. The number of rotatable bonds is 3. The summed E-state index contributed by atoms with van der Waals surface area (Å²) >= 11 is 0. The van der Waals surface area contributed by atoms with Gasteiger partial charge in [0.1, 0.15) is 5.75 Å². The average Bonchev–Trinajstić information content (AvgIpc) is 3.44. The monoisotopic (exact) mass is 503 g/mol. The molecule has 192 valence electrons. The molecule has 0 bridgehead atoms. The number of hydrogen-bond donors (Lipinski definition) is 1. The van der Waals surface area contributed by atoms with Crippen molar-refractivity contribution < 1.29 is 27.5 Å². The van der Waals surface area contributed by atoms with Crippen molar-refractivity contribution in [1.82, 2.24) is 24.9 Å². The Balaban J connectivity index is 1.11. The minimum absolute atomic E-state index is 0.0810. The highest BCUT2D eigenvalue weighted by molar-refractivity contribution is 5.91. The third kappa shape index (κ3) is 5.50. The van der Waals surface area contributed by atoms with Gasteiger partial charge in [-0.15, -0.1) is 13.2 Å². The number of fused-ring (bicyclic) bond motifs is 2. The summed E-state index contributed by atoms with van der Waals surface area (Å²) in [7, 11) is 0. The van der Waals surface area contributed by atoms with E-state index in [4.69, 9.17) is 0 Å². The third-order valence-electron chi connectivity index (χ3n) is 7.30. The fourth-order valence-corrected chi connectivity index (χ4v) is 5.36. The van der Waals surface area contributed by atoms with Crippen molar-refractivity contribution in [1.29, 1.82) is 0 Å². The van der Waals surface area contributed by atoms with E-state index >= 15 is 0 Å². The van der Waals surface area contributed by atoms with Crippen molar-refractivity contribution in [3.63, 3.8) is 0 Å². The molecule has 2 aromatic rings. The van der Waals surface area contributed by atoms with Crippen LogP contribution in [0.3, 0.4) is 0 Å². The normalized spacial score (nSPS) is 22.4. The number of likely N-dealkylation sites (tertiary alicyclic amines) is 2. The Morgan fingerprint density at radius 1 is 1.00 bits per heavy atom. The molecular formula is C25H28F3N5O3. The second-order valence-corrected chi connectivity index (χ2v) is 9.61. The Morgan fingerprint density at radius 2 is 1.69 bits per heavy atom. The largest absolute Gasteiger partial charge is 0.573 e. The maximum atomic E-state index is 13.1. The Labute approximate surface area is 206 Å². The SMILES string of the molecule is O=C(/C=C/c1ccc(OC(F)(F)F)cc1)N1CC[C@@H]2CN(C(=O)N3CCc4[nH]ncc4C3)C[C@@H]2CC1. The van der Waals surface area contributed by atoms with E-state index in [2.05, 4.69) is 14.9 Å². The van der Waals surface area contributed by atoms with Crippen LogP contribution in [0.5, 0.6) is 5.75 Å². The number of alkyl halides is 3. The van der Waals surface area contributed by atoms with Gasteiger partial charge in [0, 0.05) is 56.5 Å². The summed E-state index contributed by atoms with van der Waals surface area (Å²) in [5, 5.41) is 7.07. The lowest BCUT2D eigenvalue weighted by atomic mass is 9.92. The molecule has 2 atom stereocenters. The molecule has 8 nitrogen and oxygen atoms in total. The van der Waals surface area contributed by atoms with Crippen LogP contribution in [0, 0.1) is 11.8 Å². The molecule has 0 spiro atoms. The van der Waals surface area contributed by atoms with Gasteiger partial charge in [-0.3, -0.25) is 9.89 Å². The molecule has 3 aliphatic rings. The number of urea groups is 1. The first-order valence-electron chi connectivity index (χ1n) is 12.1. The summed E-state index contributed by atoms with van der Waals surface area (Å²) in [4.78, 5) is 31.5. The van der Waals surface area contributed by atoms with Crippen LogP contribution < -0.4 is 4.74 Å². The van der Waals surface area contributed by atoms with Gasteiger partial charge >= 0.3 is 12.4 Å². The molecule has 0 saturated carbocycles. The molecule has 1 N–H and O–H groups in total. The summed E-state index contributed by atoms with van der Waals surface area (Å²) in [5.74, 6) is 0.309. The minimum atomic E-state index is -4.74. The Kier molecular flexibility index (Phi) is 6.63. The minimum Gasteiger partial charge on any atom is -0.406 e. The number of ether oxygens (including phenoxy) is 1. The fourth-order valence-electron chi connectivity index (χ4n) is 5.36. The van der Waals surface area contributed by atoms with E-state index in [-0.39, 0.29) is 17.7 Å². The zero-order valence-electron chi connectivity index (χ0n) is 19.7. The lowest BCUT2D eigenvalue weighted by molar-refractivity contribution is -0.274. The number of H-pyrrole nitrogens is 1. The number of aromatic amines is 1. The standard InChI is InChI=1S/C25H28F3N5O3/c26-25(27,28)36-21-4-1-17(2-5-21)3-6-23(34)31-10-7-18-14-33(15-19(18)8-11-31)24(35)32-12-9-22-20(16-32)13-29-30-22/h1-6,13,18-19H,7-12,14-16H2,(H,29,30)/b6-3+/t18-,19+. The van der Waals surface area contributed by atoms with E-state index < -0.39 is 6.36 Å². The van der Waals surface area contributed by atoms with Crippen LogP contribution in [0.1, 0.15) is 29.7 Å². The molecule has 36 heavy (non-hydrogen) atoms. The third-order valence-corrected chi connectivity index (χ3v) is 7.30. The molecule has 1 aromatic carbocycles. The molecule has 2 fully saturated rings. The number of carbonyl (C=O) groups excluding carboxylic acids is 2. The van der Waals surface area contributed by atoms with Crippen molar-refractivity contribution in [2.75, 3.05) is 32.7 Å². The van der Waals surface area contributed by atoms with Crippen molar-refractivity contribution in [2.24, 2.45) is 11.8 Å². The molecule has 5 rings (SSSR count). The number of nitrogens with one attached hydrogen (secondary N) is 1. The Morgan fingerprint density at radius 3 is 2.36 bits per heavy atom.